The molecular weight excluding hydrogens is 456 g/mol. The number of halogens is 1. The van der Waals surface area contributed by atoms with Gasteiger partial charge in [0.1, 0.15) is 0 Å². The van der Waals surface area contributed by atoms with E-state index in [0.717, 1.165) is 16.7 Å². The van der Waals surface area contributed by atoms with Crippen molar-refractivity contribution in [3.8, 4) is 11.5 Å². The number of hydrogen-bond acceptors (Lipinski definition) is 4. The highest BCUT2D eigenvalue weighted by molar-refractivity contribution is 9.10. The van der Waals surface area contributed by atoms with Crippen LogP contribution in [0.2, 0.25) is 0 Å². The van der Waals surface area contributed by atoms with Crippen LogP contribution >= 0.6 is 15.9 Å². The Hall–Kier alpha value is -3.12. The Bertz CT molecular complexity index is 1070. The number of hydrazone groups is 1. The van der Waals surface area contributed by atoms with E-state index in [4.69, 9.17) is 4.74 Å². The standard InChI is InChI=1S/C25H25BrN2O3/c1-3-31-23-14-18(13-22(26)24(23)29)16-27-28-25(30)21(19-10-5-4-6-11-19)15-20-12-8-7-9-17(20)2/h4-14,16,21,29H,3,15H2,1-2H3,(H,28,30)/b27-16+. The van der Waals surface area contributed by atoms with E-state index in [1.165, 1.54) is 6.21 Å². The van der Waals surface area contributed by atoms with Gasteiger partial charge >= 0.3 is 0 Å². The molecule has 0 fully saturated rings. The molecule has 1 amide bonds. The molecule has 3 rings (SSSR count). The Balaban J connectivity index is 1.79. The summed E-state index contributed by atoms with van der Waals surface area (Å²) < 4.78 is 5.92. The van der Waals surface area contributed by atoms with Crippen molar-refractivity contribution in [2.45, 2.75) is 26.2 Å². The molecule has 0 aliphatic rings. The third-order valence-corrected chi connectivity index (χ3v) is 5.55. The minimum Gasteiger partial charge on any atom is -0.503 e. The SMILES string of the molecule is CCOc1cc(/C=N/NC(=O)C(Cc2ccccc2C)c2ccccc2)cc(Br)c1O. The van der Waals surface area contributed by atoms with E-state index in [-0.39, 0.29) is 17.6 Å². The molecule has 1 unspecified atom stereocenters. The van der Waals surface area contributed by atoms with Gasteiger partial charge in [0.05, 0.1) is 23.2 Å². The summed E-state index contributed by atoms with van der Waals surface area (Å²) in [5, 5.41) is 14.2. The molecule has 1 atom stereocenters. The summed E-state index contributed by atoms with van der Waals surface area (Å²) in [6, 6.07) is 21.2. The minimum atomic E-state index is -0.370. The van der Waals surface area contributed by atoms with Crippen molar-refractivity contribution < 1.29 is 14.6 Å². The van der Waals surface area contributed by atoms with E-state index in [2.05, 4.69) is 26.5 Å². The summed E-state index contributed by atoms with van der Waals surface area (Å²) in [6.07, 6.45) is 2.11. The first-order valence-electron chi connectivity index (χ1n) is 10.1. The van der Waals surface area contributed by atoms with Crippen molar-refractivity contribution in [2.75, 3.05) is 6.61 Å². The van der Waals surface area contributed by atoms with Crippen LogP contribution in [-0.2, 0) is 11.2 Å². The van der Waals surface area contributed by atoms with Crippen molar-refractivity contribution >= 4 is 28.1 Å². The first-order chi connectivity index (χ1) is 15.0. The van der Waals surface area contributed by atoms with Crippen LogP contribution in [0.5, 0.6) is 11.5 Å². The normalized spacial score (nSPS) is 12.0. The number of aromatic hydroxyl groups is 1. The van der Waals surface area contributed by atoms with Crippen molar-refractivity contribution in [2.24, 2.45) is 5.10 Å². The summed E-state index contributed by atoms with van der Waals surface area (Å²) in [5.41, 5.74) is 6.56. The number of phenols is 1. The maximum atomic E-state index is 13.0. The number of benzene rings is 3. The second-order valence-electron chi connectivity index (χ2n) is 7.11. The molecule has 160 valence electrons. The summed E-state index contributed by atoms with van der Waals surface area (Å²) >= 11 is 3.31. The number of carbonyl (C=O) groups is 1. The lowest BCUT2D eigenvalue weighted by Crippen LogP contribution is -2.27. The van der Waals surface area contributed by atoms with Gasteiger partial charge in [0.2, 0.25) is 5.91 Å². The first-order valence-corrected chi connectivity index (χ1v) is 10.9. The number of nitrogens with zero attached hydrogens (tertiary/aromatic N) is 1. The Morgan fingerprint density at radius 1 is 1.16 bits per heavy atom. The van der Waals surface area contributed by atoms with Gasteiger partial charge in [-0.25, -0.2) is 5.43 Å². The molecule has 3 aromatic rings. The lowest BCUT2D eigenvalue weighted by atomic mass is 9.90. The largest absolute Gasteiger partial charge is 0.503 e. The molecule has 31 heavy (non-hydrogen) atoms. The maximum absolute atomic E-state index is 13.0. The number of carbonyl (C=O) groups excluding carboxylic acids is 1. The Kier molecular flexibility index (Phi) is 7.84. The van der Waals surface area contributed by atoms with Crippen LogP contribution in [0.1, 0.15) is 35.1 Å². The molecule has 0 bridgehead atoms. The third kappa shape index (κ3) is 5.95. The zero-order valence-electron chi connectivity index (χ0n) is 17.5. The van der Waals surface area contributed by atoms with E-state index in [0.29, 0.717) is 28.8 Å². The predicted molar refractivity (Wildman–Crippen MR) is 127 cm³/mol. The van der Waals surface area contributed by atoms with Gasteiger partial charge < -0.3 is 9.84 Å². The third-order valence-electron chi connectivity index (χ3n) is 4.94. The Morgan fingerprint density at radius 2 is 1.87 bits per heavy atom. The second kappa shape index (κ2) is 10.8. The average molecular weight is 481 g/mol. The van der Waals surface area contributed by atoms with E-state index in [9.17, 15) is 9.90 Å². The van der Waals surface area contributed by atoms with Gasteiger partial charge in [-0.15, -0.1) is 0 Å². The zero-order valence-corrected chi connectivity index (χ0v) is 19.1. The Labute approximate surface area is 190 Å². The summed E-state index contributed by atoms with van der Waals surface area (Å²) in [6.45, 7) is 4.31. The van der Waals surface area contributed by atoms with Gasteiger partial charge in [-0.3, -0.25) is 4.79 Å². The highest BCUT2D eigenvalue weighted by Crippen LogP contribution is 2.35. The highest BCUT2D eigenvalue weighted by Gasteiger charge is 2.21. The number of nitrogens with one attached hydrogen (secondary N) is 1. The predicted octanol–water partition coefficient (Wildman–Crippen LogP) is 5.34. The summed E-state index contributed by atoms with van der Waals surface area (Å²) in [5.74, 6) is -0.171. The number of phenolic OH excluding ortho intramolecular Hbond substituents is 1. The average Bonchev–Trinajstić information content (AvgIpc) is 2.77. The fraction of sp³-hybridized carbons (Fsp3) is 0.200. The number of amides is 1. The molecule has 6 heteroatoms. The fourth-order valence-corrected chi connectivity index (χ4v) is 3.75. The van der Waals surface area contributed by atoms with Crippen molar-refractivity contribution in [3.05, 3.63) is 93.5 Å². The Morgan fingerprint density at radius 3 is 2.58 bits per heavy atom. The van der Waals surface area contributed by atoms with Crippen LogP contribution in [0.3, 0.4) is 0 Å². The van der Waals surface area contributed by atoms with Crippen LogP contribution < -0.4 is 10.2 Å². The van der Waals surface area contributed by atoms with Crippen molar-refractivity contribution in [3.63, 3.8) is 0 Å². The van der Waals surface area contributed by atoms with Crippen molar-refractivity contribution in [1.29, 1.82) is 0 Å². The van der Waals surface area contributed by atoms with Crippen LogP contribution in [0.25, 0.3) is 0 Å². The number of rotatable bonds is 8. The molecule has 0 aromatic heterocycles. The van der Waals surface area contributed by atoms with Gasteiger partial charge in [-0.1, -0.05) is 54.6 Å². The first kappa shape index (κ1) is 22.6. The molecule has 0 radical (unpaired) electrons. The molecular formula is C25H25BrN2O3. The van der Waals surface area contributed by atoms with Gasteiger partial charge in [0, 0.05) is 0 Å². The molecule has 0 spiro atoms. The van der Waals surface area contributed by atoms with Gasteiger partial charge in [0.25, 0.3) is 0 Å². The van der Waals surface area contributed by atoms with E-state index < -0.39 is 0 Å². The fourth-order valence-electron chi connectivity index (χ4n) is 3.29. The molecule has 0 heterocycles. The van der Waals surface area contributed by atoms with E-state index >= 15 is 0 Å². The molecule has 2 N–H and O–H groups in total. The maximum Gasteiger partial charge on any atom is 0.247 e. The number of hydrogen-bond donors (Lipinski definition) is 2. The second-order valence-corrected chi connectivity index (χ2v) is 7.96. The van der Waals surface area contributed by atoms with Crippen LogP contribution in [0, 0.1) is 6.92 Å². The van der Waals surface area contributed by atoms with Crippen LogP contribution in [0.15, 0.2) is 76.3 Å². The molecule has 0 aliphatic carbocycles. The molecule has 0 saturated carbocycles. The van der Waals surface area contributed by atoms with Crippen molar-refractivity contribution in [1.82, 2.24) is 5.43 Å². The monoisotopic (exact) mass is 480 g/mol. The smallest absolute Gasteiger partial charge is 0.247 e. The number of ether oxygens (including phenoxy) is 1. The minimum absolute atomic E-state index is 0.0328. The van der Waals surface area contributed by atoms with Crippen LogP contribution in [-0.4, -0.2) is 23.8 Å². The molecule has 0 aliphatic heterocycles. The van der Waals surface area contributed by atoms with E-state index in [1.807, 2.05) is 68.4 Å². The molecule has 5 nitrogen and oxygen atoms in total. The lowest BCUT2D eigenvalue weighted by molar-refractivity contribution is -0.122. The number of aryl methyl sites for hydroxylation is 1. The lowest BCUT2D eigenvalue weighted by Gasteiger charge is -2.17. The summed E-state index contributed by atoms with van der Waals surface area (Å²) in [7, 11) is 0. The molecule has 0 saturated heterocycles. The van der Waals surface area contributed by atoms with Crippen LogP contribution in [0.4, 0.5) is 0 Å². The van der Waals surface area contributed by atoms with E-state index in [1.54, 1.807) is 12.1 Å². The highest BCUT2D eigenvalue weighted by atomic mass is 79.9. The van der Waals surface area contributed by atoms with Gasteiger partial charge in [-0.05, 0) is 70.6 Å². The zero-order chi connectivity index (χ0) is 22.2. The van der Waals surface area contributed by atoms with Gasteiger partial charge in [0.15, 0.2) is 11.5 Å². The van der Waals surface area contributed by atoms with Gasteiger partial charge in [-0.2, -0.15) is 5.10 Å². The molecule has 3 aromatic carbocycles. The quantitative estimate of drug-likeness (QED) is 0.337. The summed E-state index contributed by atoms with van der Waals surface area (Å²) in [4.78, 5) is 13.0. The topological polar surface area (TPSA) is 70.9 Å².